The molecule has 0 saturated heterocycles. The van der Waals surface area contributed by atoms with Gasteiger partial charge in [-0.2, -0.15) is 0 Å². The molecule has 0 saturated carbocycles. The van der Waals surface area contributed by atoms with Crippen LogP contribution >= 0.6 is 0 Å². The van der Waals surface area contributed by atoms with Crippen LogP contribution in [0.5, 0.6) is 0 Å². The average molecular weight is 374 g/mol. The Labute approximate surface area is 166 Å². The van der Waals surface area contributed by atoms with Gasteiger partial charge in [0.05, 0.1) is 0 Å². The largest absolute Gasteiger partial charge is 0.350 e. The lowest BCUT2D eigenvalue weighted by Gasteiger charge is -2.14. The third kappa shape index (κ3) is 5.28. The highest BCUT2D eigenvalue weighted by Gasteiger charge is 2.12. The van der Waals surface area contributed by atoms with Gasteiger partial charge in [0.15, 0.2) is 0 Å². The van der Waals surface area contributed by atoms with Crippen LogP contribution in [-0.4, -0.2) is 25.0 Å². The molecule has 0 aliphatic rings. The fourth-order valence-corrected chi connectivity index (χ4v) is 3.16. The summed E-state index contributed by atoms with van der Waals surface area (Å²) < 4.78 is 0. The highest BCUT2D eigenvalue weighted by atomic mass is 16.1. The Kier molecular flexibility index (Phi) is 6.95. The Bertz CT molecular complexity index is 836. The van der Waals surface area contributed by atoms with Gasteiger partial charge in [0.2, 0.25) is 0 Å². The Hall–Kier alpha value is -2.95. The lowest BCUT2D eigenvalue weighted by Crippen LogP contribution is -2.37. The quantitative estimate of drug-likeness (QED) is 0.561. The Morgan fingerprint density at radius 2 is 1.36 bits per heavy atom. The Morgan fingerprint density at radius 3 is 1.86 bits per heavy atom. The summed E-state index contributed by atoms with van der Waals surface area (Å²) in [6, 6.07) is 26.1. The third-order valence-corrected chi connectivity index (χ3v) is 4.71. The van der Waals surface area contributed by atoms with Crippen molar-refractivity contribution in [1.29, 1.82) is 0 Å². The summed E-state index contributed by atoms with van der Waals surface area (Å²) in [6.45, 7) is 1.05. The topological polar surface area (TPSA) is 81.1 Å². The summed E-state index contributed by atoms with van der Waals surface area (Å²) in [4.78, 5) is 12.8. The molecule has 0 radical (unpaired) electrons. The summed E-state index contributed by atoms with van der Waals surface area (Å²) >= 11 is 0. The number of hydrogen-bond acceptors (Lipinski definition) is 3. The van der Waals surface area contributed by atoms with Crippen LogP contribution in [0, 0.1) is 0 Å². The SMILES string of the molecule is NCCC[C@H](N)CNC(=O)c1cc(-c2ccccc2)cc(-c2ccccc2)c1. The molecule has 5 N–H and O–H groups in total. The summed E-state index contributed by atoms with van der Waals surface area (Å²) in [5, 5.41) is 2.96. The van der Waals surface area contributed by atoms with E-state index >= 15 is 0 Å². The first kappa shape index (κ1) is 19.8. The van der Waals surface area contributed by atoms with E-state index in [0.717, 1.165) is 35.1 Å². The van der Waals surface area contributed by atoms with Crippen LogP contribution in [0.4, 0.5) is 0 Å². The van der Waals surface area contributed by atoms with E-state index in [1.165, 1.54) is 0 Å². The zero-order chi connectivity index (χ0) is 19.8. The maximum absolute atomic E-state index is 12.8. The molecule has 144 valence electrons. The molecule has 4 heteroatoms. The minimum Gasteiger partial charge on any atom is -0.350 e. The van der Waals surface area contributed by atoms with Crippen molar-refractivity contribution in [1.82, 2.24) is 5.32 Å². The lowest BCUT2D eigenvalue weighted by atomic mass is 9.96. The third-order valence-electron chi connectivity index (χ3n) is 4.71. The summed E-state index contributed by atoms with van der Waals surface area (Å²) in [5.41, 5.74) is 16.4. The zero-order valence-electron chi connectivity index (χ0n) is 16.0. The maximum atomic E-state index is 12.8. The summed E-state index contributed by atoms with van der Waals surface area (Å²) in [5.74, 6) is -0.113. The molecule has 3 aromatic carbocycles. The molecule has 0 aliphatic heterocycles. The van der Waals surface area contributed by atoms with Gasteiger partial charge in [-0.3, -0.25) is 4.79 Å². The molecule has 3 rings (SSSR count). The van der Waals surface area contributed by atoms with E-state index in [1.54, 1.807) is 0 Å². The Balaban J connectivity index is 1.88. The second-order valence-electron chi connectivity index (χ2n) is 6.93. The molecule has 1 atom stereocenters. The van der Waals surface area contributed by atoms with Gasteiger partial charge in [-0.05, 0) is 59.8 Å². The zero-order valence-corrected chi connectivity index (χ0v) is 16.0. The van der Waals surface area contributed by atoms with Gasteiger partial charge < -0.3 is 16.8 Å². The second-order valence-corrected chi connectivity index (χ2v) is 6.93. The van der Waals surface area contributed by atoms with E-state index in [0.29, 0.717) is 18.7 Å². The Morgan fingerprint density at radius 1 is 0.821 bits per heavy atom. The molecule has 0 bridgehead atoms. The van der Waals surface area contributed by atoms with Crippen LogP contribution in [0.1, 0.15) is 23.2 Å². The van der Waals surface area contributed by atoms with Crippen molar-refractivity contribution < 1.29 is 4.79 Å². The van der Waals surface area contributed by atoms with Gasteiger partial charge in [-0.1, -0.05) is 60.7 Å². The minimum atomic E-state index is -0.113. The normalized spacial score (nSPS) is 11.8. The first-order valence-corrected chi connectivity index (χ1v) is 9.67. The van der Waals surface area contributed by atoms with Gasteiger partial charge in [-0.25, -0.2) is 0 Å². The number of nitrogens with two attached hydrogens (primary N) is 2. The molecule has 1 amide bonds. The average Bonchev–Trinajstić information content (AvgIpc) is 2.77. The van der Waals surface area contributed by atoms with Gasteiger partial charge in [-0.15, -0.1) is 0 Å². The predicted octanol–water partition coefficient (Wildman–Crippen LogP) is 3.82. The maximum Gasteiger partial charge on any atom is 0.251 e. The predicted molar refractivity (Wildman–Crippen MR) is 116 cm³/mol. The van der Waals surface area contributed by atoms with E-state index in [-0.39, 0.29) is 11.9 Å². The van der Waals surface area contributed by atoms with E-state index in [2.05, 4.69) is 35.6 Å². The lowest BCUT2D eigenvalue weighted by molar-refractivity contribution is 0.0951. The fourth-order valence-electron chi connectivity index (χ4n) is 3.16. The molecule has 4 nitrogen and oxygen atoms in total. The summed E-state index contributed by atoms with van der Waals surface area (Å²) in [6.07, 6.45) is 1.66. The number of carbonyl (C=O) groups excluding carboxylic acids is 1. The van der Waals surface area contributed by atoms with E-state index < -0.39 is 0 Å². The van der Waals surface area contributed by atoms with Crippen molar-refractivity contribution in [2.24, 2.45) is 11.5 Å². The van der Waals surface area contributed by atoms with E-state index in [9.17, 15) is 4.79 Å². The van der Waals surface area contributed by atoms with Crippen LogP contribution in [0.25, 0.3) is 22.3 Å². The van der Waals surface area contributed by atoms with Crippen LogP contribution in [0.2, 0.25) is 0 Å². The molecular formula is C24H27N3O. The van der Waals surface area contributed by atoms with Crippen LogP contribution in [-0.2, 0) is 0 Å². The van der Waals surface area contributed by atoms with E-state index in [4.69, 9.17) is 11.5 Å². The highest BCUT2D eigenvalue weighted by Crippen LogP contribution is 2.28. The van der Waals surface area contributed by atoms with Crippen molar-refractivity contribution in [3.05, 3.63) is 84.4 Å². The molecule has 0 aromatic heterocycles. The van der Waals surface area contributed by atoms with Gasteiger partial charge in [0, 0.05) is 18.2 Å². The first-order valence-electron chi connectivity index (χ1n) is 9.67. The molecule has 0 heterocycles. The number of hydrogen-bond donors (Lipinski definition) is 3. The standard InChI is InChI=1S/C24H27N3O/c25-13-7-12-23(26)17-27-24(28)22-15-20(18-8-3-1-4-9-18)14-21(16-22)19-10-5-2-6-11-19/h1-6,8-11,14-16,23H,7,12-13,17,25-26H2,(H,27,28)/t23-/m0/s1. The van der Waals surface area contributed by atoms with Crippen molar-refractivity contribution in [3.8, 4) is 22.3 Å². The molecule has 0 fully saturated rings. The molecule has 0 unspecified atom stereocenters. The number of amides is 1. The smallest absolute Gasteiger partial charge is 0.251 e. The molecule has 0 spiro atoms. The van der Waals surface area contributed by atoms with Gasteiger partial charge in [0.25, 0.3) is 5.91 Å². The number of carbonyl (C=O) groups is 1. The molecule has 3 aromatic rings. The first-order chi connectivity index (χ1) is 13.7. The summed E-state index contributed by atoms with van der Waals surface area (Å²) in [7, 11) is 0. The second kappa shape index (κ2) is 9.83. The van der Waals surface area contributed by atoms with Crippen molar-refractivity contribution >= 4 is 5.91 Å². The number of benzene rings is 3. The molecule has 0 aliphatic carbocycles. The van der Waals surface area contributed by atoms with Gasteiger partial charge in [0.1, 0.15) is 0 Å². The minimum absolute atomic E-state index is 0.0848. The number of nitrogens with one attached hydrogen (secondary N) is 1. The van der Waals surface area contributed by atoms with Crippen molar-refractivity contribution in [3.63, 3.8) is 0 Å². The molecule has 28 heavy (non-hydrogen) atoms. The van der Waals surface area contributed by atoms with E-state index in [1.807, 2.05) is 48.5 Å². The highest BCUT2D eigenvalue weighted by molar-refractivity contribution is 5.97. The molecular weight excluding hydrogens is 346 g/mol. The van der Waals surface area contributed by atoms with Crippen LogP contribution < -0.4 is 16.8 Å². The van der Waals surface area contributed by atoms with Crippen LogP contribution in [0.3, 0.4) is 0 Å². The van der Waals surface area contributed by atoms with Crippen LogP contribution in [0.15, 0.2) is 78.9 Å². The monoisotopic (exact) mass is 373 g/mol. The van der Waals surface area contributed by atoms with Crippen molar-refractivity contribution in [2.75, 3.05) is 13.1 Å². The van der Waals surface area contributed by atoms with Gasteiger partial charge >= 0.3 is 0 Å². The number of rotatable bonds is 8. The fraction of sp³-hybridized carbons (Fsp3) is 0.208. The van der Waals surface area contributed by atoms with Crippen molar-refractivity contribution in [2.45, 2.75) is 18.9 Å².